The molecule has 0 radical (unpaired) electrons. The van der Waals surface area contributed by atoms with Crippen molar-refractivity contribution in [3.05, 3.63) is 47.9 Å². The summed E-state index contributed by atoms with van der Waals surface area (Å²) in [5.41, 5.74) is 0.0927. The van der Waals surface area contributed by atoms with Gasteiger partial charge in [0.1, 0.15) is 41.9 Å². The number of hydrogen-bond acceptors (Lipinski definition) is 6. The molecule has 1 saturated carbocycles. The quantitative estimate of drug-likeness (QED) is 0.630. The van der Waals surface area contributed by atoms with Crippen molar-refractivity contribution < 1.29 is 27.4 Å². The second-order valence-corrected chi connectivity index (χ2v) is 7.70. The third kappa shape index (κ3) is 3.70. The summed E-state index contributed by atoms with van der Waals surface area (Å²) in [5, 5.41) is 3.56. The van der Waals surface area contributed by atoms with Crippen molar-refractivity contribution in [2.75, 3.05) is 19.0 Å². The highest BCUT2D eigenvalue weighted by atomic mass is 19.4. The first-order valence-corrected chi connectivity index (χ1v) is 10.0. The molecule has 3 aromatic rings. The highest BCUT2D eigenvalue weighted by Gasteiger charge is 2.40. The molecule has 0 amide bonds. The van der Waals surface area contributed by atoms with Gasteiger partial charge in [-0.1, -0.05) is 18.2 Å². The molecule has 4 unspecified atom stereocenters. The Balaban J connectivity index is 1.49. The third-order valence-electron chi connectivity index (χ3n) is 5.85. The fourth-order valence-electron chi connectivity index (χ4n) is 4.07. The molecular formula is C21H21F3N4O3. The summed E-state index contributed by atoms with van der Waals surface area (Å²) < 4.78 is 57.2. The molecule has 31 heavy (non-hydrogen) atoms. The van der Waals surface area contributed by atoms with Crippen molar-refractivity contribution in [3.63, 3.8) is 0 Å². The molecule has 1 aromatic carbocycles. The monoisotopic (exact) mass is 434 g/mol. The maximum Gasteiger partial charge on any atom is 0.431 e. The largest absolute Gasteiger partial charge is 0.490 e. The number of halogens is 3. The van der Waals surface area contributed by atoms with Crippen LogP contribution < -0.4 is 10.1 Å². The van der Waals surface area contributed by atoms with Crippen molar-refractivity contribution in [2.24, 2.45) is 0 Å². The zero-order valence-electron chi connectivity index (χ0n) is 16.6. The molecule has 7 nitrogen and oxygen atoms in total. The van der Waals surface area contributed by atoms with Gasteiger partial charge in [0, 0.05) is 12.7 Å². The van der Waals surface area contributed by atoms with E-state index in [9.17, 15) is 13.2 Å². The molecule has 3 heterocycles. The molecule has 2 N–H and O–H groups in total. The molecular weight excluding hydrogens is 413 g/mol. The Morgan fingerprint density at radius 2 is 1.94 bits per heavy atom. The lowest BCUT2D eigenvalue weighted by Gasteiger charge is -2.41. The standard InChI is InChI=1S/C21H21F3N4O3/c1-29-14-6-7-15(14)31-16-9-30-13-5-3-2-4-11(13)18(16)28-20-12-8-17(21(22,23)24)27-19(12)25-10-26-20/h2-5,8,10,14-16,18H,6-7,9H2,1H3,(H2,25,26,27,28). The van der Waals surface area contributed by atoms with Gasteiger partial charge in [-0.25, -0.2) is 9.97 Å². The molecule has 0 saturated heterocycles. The zero-order chi connectivity index (χ0) is 21.6. The van der Waals surface area contributed by atoms with Crippen LogP contribution >= 0.6 is 0 Å². The van der Waals surface area contributed by atoms with E-state index in [0.29, 0.717) is 18.2 Å². The topological polar surface area (TPSA) is 81.3 Å². The number of aromatic nitrogens is 3. The Morgan fingerprint density at radius 3 is 2.68 bits per heavy atom. The molecule has 0 bridgehead atoms. The van der Waals surface area contributed by atoms with Gasteiger partial charge >= 0.3 is 6.18 Å². The number of methoxy groups -OCH3 is 1. The van der Waals surface area contributed by atoms with Gasteiger partial charge in [0.2, 0.25) is 0 Å². The van der Waals surface area contributed by atoms with E-state index in [1.165, 1.54) is 6.33 Å². The number of nitrogens with one attached hydrogen (secondary N) is 2. The predicted octanol–water partition coefficient (Wildman–Crippen LogP) is 4.08. The van der Waals surface area contributed by atoms with Crippen molar-refractivity contribution in [2.45, 2.75) is 43.4 Å². The van der Waals surface area contributed by atoms with E-state index in [0.717, 1.165) is 24.5 Å². The zero-order valence-corrected chi connectivity index (χ0v) is 16.6. The van der Waals surface area contributed by atoms with Gasteiger partial charge in [0.25, 0.3) is 0 Å². The molecule has 1 aliphatic carbocycles. The number of fused-ring (bicyclic) bond motifs is 2. The van der Waals surface area contributed by atoms with Crippen LogP contribution in [0.2, 0.25) is 0 Å². The maximum absolute atomic E-state index is 13.2. The van der Waals surface area contributed by atoms with E-state index in [1.807, 2.05) is 24.3 Å². The van der Waals surface area contributed by atoms with Crippen LogP contribution in [0.3, 0.4) is 0 Å². The van der Waals surface area contributed by atoms with Crippen LogP contribution in [0.4, 0.5) is 19.0 Å². The minimum atomic E-state index is -4.51. The van der Waals surface area contributed by atoms with Crippen molar-refractivity contribution in [1.29, 1.82) is 0 Å². The van der Waals surface area contributed by atoms with Crippen LogP contribution in [-0.4, -0.2) is 47.0 Å². The van der Waals surface area contributed by atoms with Crippen LogP contribution in [0, 0.1) is 0 Å². The summed E-state index contributed by atoms with van der Waals surface area (Å²) in [6, 6.07) is 8.17. The Hall–Kier alpha value is -2.85. The SMILES string of the molecule is COC1CCC1OC1COc2ccccc2C1Nc1ncnc2[nH]c(C(F)(F)F)cc12. The molecule has 1 aliphatic heterocycles. The molecule has 4 atom stereocenters. The summed E-state index contributed by atoms with van der Waals surface area (Å²) in [6.45, 7) is 0.302. The maximum atomic E-state index is 13.2. The predicted molar refractivity (Wildman–Crippen MR) is 106 cm³/mol. The van der Waals surface area contributed by atoms with Crippen molar-refractivity contribution in [1.82, 2.24) is 15.0 Å². The lowest BCUT2D eigenvalue weighted by molar-refractivity contribution is -0.153. The van der Waals surface area contributed by atoms with E-state index in [1.54, 1.807) is 7.11 Å². The minimum Gasteiger partial charge on any atom is -0.490 e. The normalized spacial score (nSPS) is 25.5. The van der Waals surface area contributed by atoms with Crippen molar-refractivity contribution in [3.8, 4) is 5.75 Å². The number of rotatable bonds is 5. The van der Waals surface area contributed by atoms with Crippen LogP contribution in [0.1, 0.15) is 30.1 Å². The smallest absolute Gasteiger partial charge is 0.431 e. The minimum absolute atomic E-state index is 0.0302. The summed E-state index contributed by atoms with van der Waals surface area (Å²) in [5.74, 6) is 0.996. The average molecular weight is 434 g/mol. The van der Waals surface area contributed by atoms with E-state index in [2.05, 4.69) is 20.3 Å². The Labute approximate surface area is 175 Å². The summed E-state index contributed by atoms with van der Waals surface area (Å²) in [7, 11) is 1.66. The number of ether oxygens (including phenoxy) is 3. The lowest BCUT2D eigenvalue weighted by Crippen LogP contribution is -2.47. The number of aromatic amines is 1. The van der Waals surface area contributed by atoms with Gasteiger partial charge < -0.3 is 24.5 Å². The molecule has 2 aromatic heterocycles. The highest BCUT2D eigenvalue weighted by molar-refractivity contribution is 5.88. The van der Waals surface area contributed by atoms with Crippen LogP contribution in [0.25, 0.3) is 11.0 Å². The van der Waals surface area contributed by atoms with Crippen LogP contribution in [0.15, 0.2) is 36.7 Å². The van der Waals surface area contributed by atoms with E-state index in [4.69, 9.17) is 14.2 Å². The first kappa shape index (κ1) is 20.1. The number of nitrogens with zero attached hydrogens (tertiary/aromatic N) is 2. The van der Waals surface area contributed by atoms with E-state index >= 15 is 0 Å². The van der Waals surface area contributed by atoms with Gasteiger partial charge in [0.15, 0.2) is 0 Å². The Bertz CT molecular complexity index is 1090. The second-order valence-electron chi connectivity index (χ2n) is 7.70. The summed E-state index contributed by atoms with van der Waals surface area (Å²) in [4.78, 5) is 10.5. The highest BCUT2D eigenvalue weighted by Crippen LogP contribution is 2.39. The Morgan fingerprint density at radius 1 is 1.13 bits per heavy atom. The molecule has 164 valence electrons. The third-order valence-corrected chi connectivity index (χ3v) is 5.85. The van der Waals surface area contributed by atoms with Crippen molar-refractivity contribution >= 4 is 16.9 Å². The van der Waals surface area contributed by atoms with Gasteiger partial charge in [-0.05, 0) is 25.0 Å². The van der Waals surface area contributed by atoms with Crippen LogP contribution in [0.5, 0.6) is 5.75 Å². The fourth-order valence-corrected chi connectivity index (χ4v) is 4.07. The van der Waals surface area contributed by atoms with Gasteiger partial charge in [0.05, 0.1) is 23.6 Å². The lowest BCUT2D eigenvalue weighted by atomic mass is 9.90. The molecule has 5 rings (SSSR count). The number of alkyl halides is 3. The van der Waals surface area contributed by atoms with Gasteiger partial charge in [-0.2, -0.15) is 13.2 Å². The fraction of sp³-hybridized carbons (Fsp3) is 0.429. The number of hydrogen-bond donors (Lipinski definition) is 2. The van der Waals surface area contributed by atoms with E-state index in [-0.39, 0.29) is 35.4 Å². The molecule has 0 spiro atoms. The first-order valence-electron chi connectivity index (χ1n) is 10.0. The second kappa shape index (κ2) is 7.69. The van der Waals surface area contributed by atoms with Gasteiger partial charge in [-0.15, -0.1) is 0 Å². The molecule has 10 heteroatoms. The first-order chi connectivity index (χ1) is 14.9. The van der Waals surface area contributed by atoms with E-state index < -0.39 is 11.9 Å². The number of anilines is 1. The number of benzene rings is 1. The number of para-hydroxylation sites is 1. The van der Waals surface area contributed by atoms with Crippen LogP contribution in [-0.2, 0) is 15.7 Å². The Kier molecular flexibility index (Phi) is 4.98. The summed E-state index contributed by atoms with van der Waals surface area (Å²) in [6.07, 6.45) is -1.86. The molecule has 2 aliphatic rings. The number of H-pyrrole nitrogens is 1. The van der Waals surface area contributed by atoms with Gasteiger partial charge in [-0.3, -0.25) is 0 Å². The summed E-state index contributed by atoms with van der Waals surface area (Å²) >= 11 is 0. The average Bonchev–Trinajstić information content (AvgIpc) is 3.18. The molecule has 1 fully saturated rings.